The molecule has 0 bridgehead atoms. The first-order valence-electron chi connectivity index (χ1n) is 15.7. The number of benzene rings is 5. The lowest BCUT2D eigenvalue weighted by atomic mass is 9.98. The van der Waals surface area contributed by atoms with Gasteiger partial charge in [0.05, 0.1) is 33.9 Å². The van der Waals surface area contributed by atoms with Gasteiger partial charge in [0.15, 0.2) is 10.6 Å². The number of rotatable bonds is 11. The number of thiazole rings is 1. The molecule has 0 spiro atoms. The lowest BCUT2D eigenvalue weighted by molar-refractivity contribution is -0.245. The number of aliphatic hydroxyl groups is 1. The van der Waals surface area contributed by atoms with Crippen LogP contribution in [0.25, 0.3) is 21.3 Å². The van der Waals surface area contributed by atoms with Crippen molar-refractivity contribution in [2.45, 2.75) is 47.3 Å². The summed E-state index contributed by atoms with van der Waals surface area (Å²) in [4.78, 5) is 5.03. The van der Waals surface area contributed by atoms with Gasteiger partial charge in [-0.25, -0.2) is 18.1 Å². The number of thioether (sulfide) groups is 1. The Morgan fingerprint density at radius 1 is 0.812 bits per heavy atom. The highest BCUT2D eigenvalue weighted by Gasteiger charge is 2.32. The Balaban J connectivity index is 1.09. The van der Waals surface area contributed by atoms with Gasteiger partial charge < -0.3 is 14.6 Å². The van der Waals surface area contributed by atoms with Crippen molar-refractivity contribution in [3.8, 4) is 11.1 Å². The van der Waals surface area contributed by atoms with E-state index in [1.807, 2.05) is 91.0 Å². The Kier molecular flexibility index (Phi) is 10.0. The Morgan fingerprint density at radius 3 is 2.29 bits per heavy atom. The van der Waals surface area contributed by atoms with Gasteiger partial charge >= 0.3 is 0 Å². The summed E-state index contributed by atoms with van der Waals surface area (Å²) in [6.45, 7) is 0.155. The van der Waals surface area contributed by atoms with Gasteiger partial charge in [-0.3, -0.25) is 0 Å². The number of para-hydroxylation sites is 1. The van der Waals surface area contributed by atoms with Gasteiger partial charge in [-0.1, -0.05) is 115 Å². The van der Waals surface area contributed by atoms with Gasteiger partial charge in [-0.2, -0.15) is 0 Å². The molecular weight excluding hydrogens is 661 g/mol. The molecule has 1 aromatic heterocycles. The minimum atomic E-state index is -3.65. The first-order chi connectivity index (χ1) is 23.4. The van der Waals surface area contributed by atoms with Crippen LogP contribution < -0.4 is 4.72 Å². The fourth-order valence-electron chi connectivity index (χ4n) is 5.73. The van der Waals surface area contributed by atoms with Crippen LogP contribution >= 0.6 is 23.1 Å². The lowest BCUT2D eigenvalue weighted by Gasteiger charge is -2.36. The molecule has 1 fully saturated rings. The zero-order chi connectivity index (χ0) is 32.9. The van der Waals surface area contributed by atoms with Crippen molar-refractivity contribution in [1.29, 1.82) is 0 Å². The van der Waals surface area contributed by atoms with Crippen LogP contribution in [-0.4, -0.2) is 30.4 Å². The largest absolute Gasteiger partial charge is 0.392 e. The monoisotopic (exact) mass is 694 g/mol. The second-order valence-corrected chi connectivity index (χ2v) is 15.6. The maximum atomic E-state index is 12.9. The van der Waals surface area contributed by atoms with E-state index in [1.54, 1.807) is 53.4 Å². The van der Waals surface area contributed by atoms with Gasteiger partial charge in [0.2, 0.25) is 10.0 Å². The molecular formula is C38H34N2O5S3. The molecule has 3 atom stereocenters. The molecule has 1 saturated heterocycles. The SMILES string of the molecule is O=S(=O)(NCc1ccccc1-c1ccc(C2OC(CSc3nc4ccccc4s3)CC(c3ccc(CO)cc3)O2)cc1)c1ccccc1. The summed E-state index contributed by atoms with van der Waals surface area (Å²) in [5.41, 5.74) is 6.57. The van der Waals surface area contributed by atoms with Crippen LogP contribution in [0.5, 0.6) is 0 Å². The quantitative estimate of drug-likeness (QED) is 0.132. The second kappa shape index (κ2) is 14.7. The predicted molar refractivity (Wildman–Crippen MR) is 191 cm³/mol. The fourth-order valence-corrected chi connectivity index (χ4v) is 8.87. The summed E-state index contributed by atoms with van der Waals surface area (Å²) in [6.07, 6.45) is -0.155. The van der Waals surface area contributed by atoms with Crippen molar-refractivity contribution in [3.05, 3.63) is 150 Å². The van der Waals surface area contributed by atoms with Crippen molar-refractivity contribution in [1.82, 2.24) is 9.71 Å². The van der Waals surface area contributed by atoms with Crippen molar-refractivity contribution in [3.63, 3.8) is 0 Å². The van der Waals surface area contributed by atoms with E-state index >= 15 is 0 Å². The molecule has 10 heteroatoms. The number of fused-ring (bicyclic) bond motifs is 1. The standard InChI is InChI=1S/C38H34N2O5S3/c41-24-26-14-16-28(17-15-26)35-22-31(25-46-38-40-34-12-6-7-13-36(34)47-38)44-37(45-35)29-20-18-27(19-21-29)33-11-5-4-8-30(33)23-39-48(42,43)32-9-2-1-3-10-32/h1-21,31,35,37,39,41H,22-25H2. The van der Waals surface area contributed by atoms with Crippen molar-refractivity contribution < 1.29 is 23.0 Å². The van der Waals surface area contributed by atoms with Crippen molar-refractivity contribution in [2.75, 3.05) is 5.75 Å². The van der Waals surface area contributed by atoms with Gasteiger partial charge in [0.25, 0.3) is 0 Å². The molecule has 7 nitrogen and oxygen atoms in total. The first-order valence-corrected chi connectivity index (χ1v) is 19.0. The Morgan fingerprint density at radius 2 is 1.52 bits per heavy atom. The van der Waals surface area contributed by atoms with Crippen LogP contribution in [0.4, 0.5) is 0 Å². The van der Waals surface area contributed by atoms with Gasteiger partial charge in [-0.05, 0) is 52.1 Å². The third kappa shape index (κ3) is 7.55. The molecule has 0 radical (unpaired) electrons. The molecule has 2 N–H and O–H groups in total. The minimum Gasteiger partial charge on any atom is -0.392 e. The van der Waals surface area contributed by atoms with Gasteiger partial charge in [0.1, 0.15) is 0 Å². The second-order valence-electron chi connectivity index (χ2n) is 11.5. The van der Waals surface area contributed by atoms with Crippen LogP contribution in [0, 0.1) is 0 Å². The van der Waals surface area contributed by atoms with Crippen LogP contribution in [0.3, 0.4) is 0 Å². The predicted octanol–water partition coefficient (Wildman–Crippen LogP) is 8.27. The maximum absolute atomic E-state index is 12.9. The number of aromatic nitrogens is 1. The molecule has 244 valence electrons. The van der Waals surface area contributed by atoms with Crippen LogP contribution in [0.1, 0.15) is 41.1 Å². The number of nitrogens with one attached hydrogen (secondary N) is 1. The molecule has 7 rings (SSSR count). The highest BCUT2D eigenvalue weighted by Crippen LogP contribution is 2.41. The molecule has 1 aliphatic rings. The Labute approximate surface area is 288 Å². The van der Waals surface area contributed by atoms with E-state index in [0.29, 0.717) is 6.42 Å². The first kappa shape index (κ1) is 32.7. The number of hydrogen-bond donors (Lipinski definition) is 2. The van der Waals surface area contributed by atoms with Gasteiger partial charge in [0, 0.05) is 24.3 Å². The molecule has 2 heterocycles. The average Bonchev–Trinajstić information content (AvgIpc) is 3.57. The van der Waals surface area contributed by atoms with E-state index in [0.717, 1.165) is 49.0 Å². The van der Waals surface area contributed by atoms with Crippen LogP contribution in [-0.2, 0) is 32.6 Å². The normalized spacial score (nSPS) is 18.2. The summed E-state index contributed by atoms with van der Waals surface area (Å²) in [6, 6.07) is 40.3. The van der Waals surface area contributed by atoms with E-state index in [9.17, 15) is 13.5 Å². The number of hydrogen-bond acceptors (Lipinski definition) is 8. The summed E-state index contributed by atoms with van der Waals surface area (Å²) in [7, 11) is -3.65. The van der Waals surface area contributed by atoms with Crippen molar-refractivity contribution in [2.24, 2.45) is 0 Å². The maximum Gasteiger partial charge on any atom is 0.240 e. The molecule has 0 amide bonds. The number of nitrogens with zero attached hydrogens (tertiary/aromatic N) is 1. The minimum absolute atomic E-state index is 0.00660. The zero-order valence-corrected chi connectivity index (χ0v) is 28.4. The molecule has 0 saturated carbocycles. The summed E-state index contributed by atoms with van der Waals surface area (Å²) >= 11 is 3.40. The zero-order valence-electron chi connectivity index (χ0n) is 25.9. The lowest BCUT2D eigenvalue weighted by Crippen LogP contribution is -2.31. The third-order valence-corrected chi connectivity index (χ3v) is 12.0. The fraction of sp³-hybridized carbons (Fsp3) is 0.184. The van der Waals surface area contributed by atoms with E-state index in [2.05, 4.69) is 10.8 Å². The average molecular weight is 695 g/mol. The van der Waals surface area contributed by atoms with E-state index in [-0.39, 0.29) is 30.3 Å². The van der Waals surface area contributed by atoms with Crippen molar-refractivity contribution >= 4 is 43.3 Å². The summed E-state index contributed by atoms with van der Waals surface area (Å²) in [5, 5.41) is 9.55. The summed E-state index contributed by atoms with van der Waals surface area (Å²) < 4.78 is 43.8. The molecule has 48 heavy (non-hydrogen) atoms. The van der Waals surface area contributed by atoms with E-state index < -0.39 is 16.3 Å². The Bertz CT molecular complexity index is 2050. The number of aliphatic hydroxyl groups excluding tert-OH is 1. The molecule has 0 aliphatic carbocycles. The van der Waals surface area contributed by atoms with E-state index in [4.69, 9.17) is 14.5 Å². The highest BCUT2D eigenvalue weighted by molar-refractivity contribution is 8.01. The molecule has 6 aromatic rings. The smallest absolute Gasteiger partial charge is 0.240 e. The molecule has 1 aliphatic heterocycles. The van der Waals surface area contributed by atoms with Crippen LogP contribution in [0.15, 0.2) is 137 Å². The Hall–Kier alpha value is -3.87. The number of ether oxygens (including phenoxy) is 2. The van der Waals surface area contributed by atoms with Gasteiger partial charge in [-0.15, -0.1) is 11.3 Å². The third-order valence-electron chi connectivity index (χ3n) is 8.30. The summed E-state index contributed by atoms with van der Waals surface area (Å²) in [5.74, 6) is 0.731. The van der Waals surface area contributed by atoms with Crippen LogP contribution in [0.2, 0.25) is 0 Å². The molecule has 3 unspecified atom stereocenters. The highest BCUT2D eigenvalue weighted by atomic mass is 32.2. The topological polar surface area (TPSA) is 97.8 Å². The van der Waals surface area contributed by atoms with E-state index in [1.165, 1.54) is 4.70 Å². The number of sulfonamides is 1. The molecule has 5 aromatic carbocycles.